The first-order chi connectivity index (χ1) is 20.2. The molecule has 0 bridgehead atoms. The molecule has 2 unspecified atom stereocenters. The van der Waals surface area contributed by atoms with Crippen LogP contribution in [0.3, 0.4) is 0 Å². The lowest BCUT2D eigenvalue weighted by Gasteiger charge is -2.39. The van der Waals surface area contributed by atoms with Crippen molar-refractivity contribution in [3.8, 4) is 6.07 Å². The van der Waals surface area contributed by atoms with Crippen molar-refractivity contribution < 1.29 is 23.8 Å². The number of carbonyl (C=O) groups excluding carboxylic acids is 2. The Morgan fingerprint density at radius 2 is 1.83 bits per heavy atom. The van der Waals surface area contributed by atoms with Crippen LogP contribution in [0.15, 0.2) is 54.7 Å². The summed E-state index contributed by atoms with van der Waals surface area (Å²) in [6.07, 6.45) is 2.41. The Morgan fingerprint density at radius 1 is 1.17 bits per heavy atom. The van der Waals surface area contributed by atoms with E-state index in [2.05, 4.69) is 4.98 Å². The fraction of sp³-hybridized carbons (Fsp3) is 0.394. The van der Waals surface area contributed by atoms with Crippen molar-refractivity contribution in [2.75, 3.05) is 6.61 Å². The number of amides is 1. The first-order valence-electron chi connectivity index (χ1n) is 14.3. The summed E-state index contributed by atoms with van der Waals surface area (Å²) in [5, 5.41) is 19.6. The molecule has 1 amide bonds. The average Bonchev–Trinajstić information content (AvgIpc) is 3.25. The number of ether oxygens (including phenoxy) is 1. The van der Waals surface area contributed by atoms with E-state index in [-0.39, 0.29) is 35.6 Å². The fourth-order valence-corrected chi connectivity index (χ4v) is 4.75. The molecule has 1 N–H and O–H groups in total. The van der Waals surface area contributed by atoms with E-state index in [4.69, 9.17) is 21.6 Å². The molecule has 7 nitrogen and oxygen atoms in total. The third-order valence-corrected chi connectivity index (χ3v) is 6.92. The van der Waals surface area contributed by atoms with Crippen LogP contribution in [-0.2, 0) is 17.0 Å². The van der Waals surface area contributed by atoms with Crippen LogP contribution in [0.25, 0.3) is 0 Å². The van der Waals surface area contributed by atoms with E-state index >= 15 is 4.39 Å². The first-order valence-corrected chi connectivity index (χ1v) is 14.7. The summed E-state index contributed by atoms with van der Waals surface area (Å²) in [7, 11) is 0. The van der Waals surface area contributed by atoms with E-state index in [1.807, 2.05) is 40.7 Å². The Kier molecular flexibility index (Phi) is 13.3. The van der Waals surface area contributed by atoms with Crippen molar-refractivity contribution >= 4 is 23.3 Å². The van der Waals surface area contributed by atoms with Gasteiger partial charge in [0.1, 0.15) is 11.9 Å². The highest BCUT2D eigenvalue weighted by atomic mass is 35.5. The van der Waals surface area contributed by atoms with Crippen molar-refractivity contribution in [3.63, 3.8) is 0 Å². The van der Waals surface area contributed by atoms with Crippen LogP contribution in [-0.4, -0.2) is 39.4 Å². The molecule has 1 aromatic heterocycles. The van der Waals surface area contributed by atoms with Gasteiger partial charge in [-0.05, 0) is 62.6 Å². The van der Waals surface area contributed by atoms with Crippen molar-refractivity contribution in [1.29, 1.82) is 5.26 Å². The summed E-state index contributed by atoms with van der Waals surface area (Å²) in [5.41, 5.74) is -0.315. The summed E-state index contributed by atoms with van der Waals surface area (Å²) >= 11 is 6.15. The summed E-state index contributed by atoms with van der Waals surface area (Å²) in [5.74, 6) is -1.66. The number of fused-ring (bicyclic) bond motifs is 1. The van der Waals surface area contributed by atoms with Crippen molar-refractivity contribution in [3.05, 3.63) is 99.1 Å². The van der Waals surface area contributed by atoms with Gasteiger partial charge in [-0.25, -0.2) is 4.39 Å². The summed E-state index contributed by atoms with van der Waals surface area (Å²) in [6.45, 7) is 11.2. The monoisotopic (exact) mass is 595 g/mol. The van der Waals surface area contributed by atoms with E-state index in [1.54, 1.807) is 36.4 Å². The number of aromatic nitrogens is 1. The topological polar surface area (TPSA) is 104 Å². The average molecular weight is 596 g/mol. The van der Waals surface area contributed by atoms with Gasteiger partial charge in [0.2, 0.25) is 0 Å². The number of carbonyl (C=O) groups is 2. The molecule has 42 heavy (non-hydrogen) atoms. The quantitative estimate of drug-likeness (QED) is 0.193. The zero-order valence-electron chi connectivity index (χ0n) is 25.1. The Bertz CT molecular complexity index is 1390. The number of hydrogen-bond acceptors (Lipinski definition) is 6. The van der Waals surface area contributed by atoms with Gasteiger partial charge in [-0.1, -0.05) is 58.4 Å². The van der Waals surface area contributed by atoms with Crippen LogP contribution in [0.1, 0.15) is 104 Å². The molecular weight excluding hydrogens is 557 g/mol. The van der Waals surface area contributed by atoms with Crippen LogP contribution in [0.4, 0.5) is 4.39 Å². The highest BCUT2D eigenvalue weighted by molar-refractivity contribution is 6.30. The zero-order chi connectivity index (χ0) is 31.4. The molecule has 0 spiro atoms. The molecule has 0 fully saturated rings. The highest BCUT2D eigenvalue weighted by Crippen LogP contribution is 2.48. The third kappa shape index (κ3) is 7.40. The van der Waals surface area contributed by atoms with Gasteiger partial charge >= 0.3 is 0 Å². The van der Waals surface area contributed by atoms with E-state index in [9.17, 15) is 14.7 Å². The highest BCUT2D eigenvalue weighted by Gasteiger charge is 2.54. The normalized spacial score (nSPS) is 15.9. The molecule has 0 saturated carbocycles. The molecule has 0 saturated heterocycles. The summed E-state index contributed by atoms with van der Waals surface area (Å²) < 4.78 is 22.4. The molecule has 4 rings (SSSR count). The van der Waals surface area contributed by atoms with Gasteiger partial charge in [-0.2, -0.15) is 5.26 Å². The van der Waals surface area contributed by atoms with E-state index in [1.165, 1.54) is 24.1 Å². The van der Waals surface area contributed by atoms with Gasteiger partial charge in [0.15, 0.2) is 11.5 Å². The molecule has 2 atom stereocenters. The number of halogens is 2. The Morgan fingerprint density at radius 3 is 2.38 bits per heavy atom. The number of Topliss-reactive ketones (excluding diaryl/α,β-unsaturated/α-hetero) is 1. The number of aliphatic hydroxyl groups excluding tert-OH is 1. The molecule has 3 aromatic rings. The van der Waals surface area contributed by atoms with Gasteiger partial charge in [0.25, 0.3) is 5.91 Å². The molecule has 9 heteroatoms. The van der Waals surface area contributed by atoms with E-state index in [0.717, 1.165) is 6.07 Å². The minimum Gasteiger partial charge on any atom is -0.393 e. The van der Waals surface area contributed by atoms with Crippen molar-refractivity contribution in [2.45, 2.75) is 79.2 Å². The van der Waals surface area contributed by atoms with Crippen molar-refractivity contribution in [1.82, 2.24) is 9.88 Å². The number of nitriles is 1. The number of nitrogens with zero attached hydrogens (tertiary/aromatic N) is 3. The lowest BCUT2D eigenvalue weighted by Crippen LogP contribution is -2.47. The molecule has 224 valence electrons. The molecule has 1 aliphatic rings. The van der Waals surface area contributed by atoms with Gasteiger partial charge < -0.3 is 9.84 Å². The molecule has 1 aliphatic heterocycles. The SMILES string of the molecule is CC.CC.CCC(O)CCCOC1(c2ccc(Cl)cc2)c2c(F)cc(C(C)=O)cc2C(=O)N1Cc1ccc(C#N)cn1. The van der Waals surface area contributed by atoms with Gasteiger partial charge in [0, 0.05) is 22.3 Å². The lowest BCUT2D eigenvalue weighted by atomic mass is 9.91. The number of aliphatic hydroxyl groups is 1. The standard InChI is InChI=1S/C29H27ClFN3O4.2C2H6/c1-3-24(36)5-4-12-38-29(21-7-9-22(30)10-8-21)27-25(13-20(18(2)35)14-26(27)31)28(37)34(29)17-23-11-6-19(15-32)16-33-23;2*1-2/h6-11,13-14,16,24,36H,3-5,12,17H2,1-2H3;2*1-2H3. The maximum absolute atomic E-state index is 15.9. The Balaban J connectivity index is 0.00000148. The lowest BCUT2D eigenvalue weighted by molar-refractivity contribution is -0.115. The largest absolute Gasteiger partial charge is 0.393 e. The van der Waals surface area contributed by atoms with Crippen molar-refractivity contribution in [2.24, 2.45) is 0 Å². The molecule has 2 heterocycles. The smallest absolute Gasteiger partial charge is 0.257 e. The molecule has 0 radical (unpaired) electrons. The second-order valence-corrected chi connectivity index (χ2v) is 9.62. The number of ketones is 1. The van der Waals surface area contributed by atoms with Gasteiger partial charge in [0.05, 0.1) is 41.6 Å². The van der Waals surface area contributed by atoms with Gasteiger partial charge in [-0.15, -0.1) is 0 Å². The summed E-state index contributed by atoms with van der Waals surface area (Å²) in [4.78, 5) is 31.7. The van der Waals surface area contributed by atoms with Crippen LogP contribution >= 0.6 is 11.6 Å². The predicted molar refractivity (Wildman–Crippen MR) is 162 cm³/mol. The van der Waals surface area contributed by atoms with Crippen LogP contribution < -0.4 is 0 Å². The van der Waals surface area contributed by atoms with Gasteiger partial charge in [-0.3, -0.25) is 19.5 Å². The second-order valence-electron chi connectivity index (χ2n) is 9.18. The number of pyridine rings is 1. The first kappa shape index (κ1) is 34.6. The predicted octanol–water partition coefficient (Wildman–Crippen LogP) is 7.43. The summed E-state index contributed by atoms with van der Waals surface area (Å²) in [6, 6.07) is 14.3. The van der Waals surface area contributed by atoms with Crippen LogP contribution in [0, 0.1) is 17.1 Å². The maximum Gasteiger partial charge on any atom is 0.257 e. The van der Waals surface area contributed by atoms with E-state index < -0.39 is 23.6 Å². The number of benzene rings is 2. The Hall–Kier alpha value is -3.64. The molecular formula is C33H39ClFN3O4. The second kappa shape index (κ2) is 16.1. The fourth-order valence-electron chi connectivity index (χ4n) is 4.63. The third-order valence-electron chi connectivity index (χ3n) is 6.66. The van der Waals surface area contributed by atoms with E-state index in [0.29, 0.717) is 41.1 Å². The maximum atomic E-state index is 15.9. The molecule has 0 aliphatic carbocycles. The van der Waals surface area contributed by atoms with Crippen LogP contribution in [0.5, 0.6) is 0 Å². The molecule has 2 aromatic carbocycles. The Labute approximate surface area is 252 Å². The van der Waals surface area contributed by atoms with Crippen LogP contribution in [0.2, 0.25) is 5.02 Å². The minimum atomic E-state index is -1.69. The number of rotatable bonds is 10. The minimum absolute atomic E-state index is 0.000456. The number of hydrogen-bond donors (Lipinski definition) is 1. The zero-order valence-corrected chi connectivity index (χ0v) is 25.8.